The van der Waals surface area contributed by atoms with Gasteiger partial charge in [-0.15, -0.1) is 0 Å². The maximum Gasteiger partial charge on any atom is 0.255 e. The first-order valence-corrected chi connectivity index (χ1v) is 10.6. The quantitative estimate of drug-likeness (QED) is 0.412. The molecular weight excluding hydrogens is 435 g/mol. The Morgan fingerprint density at radius 2 is 1.94 bits per heavy atom. The molecule has 166 valence electrons. The highest BCUT2D eigenvalue weighted by Gasteiger charge is 2.28. The molecule has 0 bridgehead atoms. The topological polar surface area (TPSA) is 107 Å². The van der Waals surface area contributed by atoms with Crippen LogP contribution in [0.15, 0.2) is 48.9 Å². The van der Waals surface area contributed by atoms with Gasteiger partial charge in [-0.05, 0) is 54.7 Å². The number of hydrogen-bond acceptors (Lipinski definition) is 6. The number of rotatable bonds is 8. The molecule has 2 heterocycles. The molecular formula is C23H22ClFN4O3. The van der Waals surface area contributed by atoms with E-state index in [4.69, 9.17) is 11.6 Å². The summed E-state index contributed by atoms with van der Waals surface area (Å²) in [6.07, 6.45) is 6.73. The van der Waals surface area contributed by atoms with E-state index in [-0.39, 0.29) is 11.1 Å². The molecule has 0 spiro atoms. The second-order valence-electron chi connectivity index (χ2n) is 7.64. The van der Waals surface area contributed by atoms with Crippen molar-refractivity contribution in [3.63, 3.8) is 0 Å². The van der Waals surface area contributed by atoms with Gasteiger partial charge in [0, 0.05) is 34.9 Å². The summed E-state index contributed by atoms with van der Waals surface area (Å²) >= 11 is 6.05. The number of nitrogens with zero attached hydrogens (tertiary/aromatic N) is 2. The molecule has 3 aromatic rings. The molecule has 1 fully saturated rings. The Morgan fingerprint density at radius 1 is 1.16 bits per heavy atom. The molecule has 2 aromatic heterocycles. The summed E-state index contributed by atoms with van der Waals surface area (Å²) in [6, 6.07) is 6.91. The van der Waals surface area contributed by atoms with Gasteiger partial charge in [-0.3, -0.25) is 14.8 Å². The Labute approximate surface area is 189 Å². The summed E-state index contributed by atoms with van der Waals surface area (Å²) < 4.78 is 14.4. The highest BCUT2D eigenvalue weighted by Crippen LogP contribution is 2.44. The minimum Gasteiger partial charge on any atom is -0.394 e. The number of amides is 1. The lowest BCUT2D eigenvalue weighted by Crippen LogP contribution is -2.40. The summed E-state index contributed by atoms with van der Waals surface area (Å²) in [5, 5.41) is 24.8. The first-order chi connectivity index (χ1) is 15.5. The van der Waals surface area contributed by atoms with Crippen LogP contribution < -0.4 is 10.6 Å². The zero-order valence-electron chi connectivity index (χ0n) is 17.1. The van der Waals surface area contributed by atoms with E-state index in [0.717, 1.165) is 18.4 Å². The van der Waals surface area contributed by atoms with Crippen molar-refractivity contribution in [2.24, 2.45) is 0 Å². The predicted octanol–water partition coefficient (Wildman–Crippen LogP) is 3.64. The molecule has 7 nitrogen and oxygen atoms in total. The maximum atomic E-state index is 14.4. The largest absolute Gasteiger partial charge is 0.394 e. The van der Waals surface area contributed by atoms with Crippen LogP contribution in [0.4, 0.5) is 15.8 Å². The van der Waals surface area contributed by atoms with Crippen molar-refractivity contribution >= 4 is 28.9 Å². The molecule has 1 aromatic carbocycles. The molecule has 4 rings (SSSR count). The third-order valence-electron chi connectivity index (χ3n) is 5.27. The second-order valence-corrected chi connectivity index (χ2v) is 8.07. The van der Waals surface area contributed by atoms with E-state index in [1.165, 1.54) is 24.4 Å². The van der Waals surface area contributed by atoms with Gasteiger partial charge in [0.2, 0.25) is 0 Å². The first kappa shape index (κ1) is 22.1. The number of carbonyl (C=O) groups excluding carboxylic acids is 1. The smallest absolute Gasteiger partial charge is 0.255 e. The average molecular weight is 457 g/mol. The molecule has 1 aliphatic carbocycles. The number of halogens is 2. The van der Waals surface area contributed by atoms with Gasteiger partial charge in [0.1, 0.15) is 5.82 Å². The lowest BCUT2D eigenvalue weighted by molar-refractivity contribution is 0.0880. The summed E-state index contributed by atoms with van der Waals surface area (Å²) in [5.41, 5.74) is 3.11. The average Bonchev–Trinajstić information content (AvgIpc) is 3.64. The molecule has 1 amide bonds. The molecule has 0 saturated heterocycles. The molecule has 1 aliphatic rings. The standard InChI is InChI=1S/C23H22ClFN4O3/c24-14-3-4-19(25)16(7-14)21-8-22(17(10-27-21)13-1-2-13)29-20-5-6-26-9-18(20)23(32)28-15(11-30)12-31/h3-10,13,15,30-31H,1-2,11-12H2,(H,28,32)(H,26,27,29). The van der Waals surface area contributed by atoms with Gasteiger partial charge >= 0.3 is 0 Å². The number of pyridine rings is 2. The number of aromatic nitrogens is 2. The number of aliphatic hydroxyl groups is 2. The van der Waals surface area contributed by atoms with Crippen LogP contribution in [0.2, 0.25) is 5.02 Å². The molecule has 0 unspecified atom stereocenters. The van der Waals surface area contributed by atoms with Crippen molar-refractivity contribution < 1.29 is 19.4 Å². The van der Waals surface area contributed by atoms with Crippen molar-refractivity contribution in [2.75, 3.05) is 18.5 Å². The van der Waals surface area contributed by atoms with E-state index in [0.29, 0.717) is 28.0 Å². The summed E-state index contributed by atoms with van der Waals surface area (Å²) in [4.78, 5) is 21.2. The monoisotopic (exact) mass is 456 g/mol. The SMILES string of the molecule is O=C(NC(CO)CO)c1cnccc1Nc1cc(-c2cc(Cl)ccc2F)ncc1C1CC1. The lowest BCUT2D eigenvalue weighted by Gasteiger charge is -2.18. The number of anilines is 2. The van der Waals surface area contributed by atoms with E-state index in [9.17, 15) is 19.4 Å². The minimum absolute atomic E-state index is 0.244. The molecule has 4 N–H and O–H groups in total. The lowest BCUT2D eigenvalue weighted by atomic mass is 10.1. The van der Waals surface area contributed by atoms with Gasteiger partial charge in [-0.2, -0.15) is 0 Å². The number of aliphatic hydroxyl groups excluding tert-OH is 2. The van der Waals surface area contributed by atoms with Crippen molar-refractivity contribution in [3.05, 3.63) is 70.9 Å². The van der Waals surface area contributed by atoms with Crippen LogP contribution in [-0.4, -0.2) is 45.3 Å². The summed E-state index contributed by atoms with van der Waals surface area (Å²) in [5.74, 6) is -0.581. The first-order valence-electron chi connectivity index (χ1n) is 10.2. The summed E-state index contributed by atoms with van der Waals surface area (Å²) in [6.45, 7) is -0.786. The summed E-state index contributed by atoms with van der Waals surface area (Å²) in [7, 11) is 0. The second kappa shape index (κ2) is 9.60. The van der Waals surface area contributed by atoms with Crippen LogP contribution >= 0.6 is 11.6 Å². The van der Waals surface area contributed by atoms with Crippen molar-refractivity contribution in [1.82, 2.24) is 15.3 Å². The van der Waals surface area contributed by atoms with E-state index < -0.39 is 31.0 Å². The Morgan fingerprint density at radius 3 is 2.66 bits per heavy atom. The maximum absolute atomic E-state index is 14.4. The number of carbonyl (C=O) groups is 1. The Balaban J connectivity index is 1.70. The van der Waals surface area contributed by atoms with E-state index in [1.807, 2.05) is 0 Å². The van der Waals surface area contributed by atoms with Crippen molar-refractivity contribution in [3.8, 4) is 11.3 Å². The fourth-order valence-electron chi connectivity index (χ4n) is 3.38. The van der Waals surface area contributed by atoms with E-state index in [1.54, 1.807) is 24.5 Å². The van der Waals surface area contributed by atoms with Crippen LogP contribution in [0.25, 0.3) is 11.3 Å². The van der Waals surface area contributed by atoms with Crippen LogP contribution in [-0.2, 0) is 0 Å². The molecule has 0 aliphatic heterocycles. The molecule has 0 radical (unpaired) electrons. The van der Waals surface area contributed by atoms with Crippen LogP contribution in [0, 0.1) is 5.82 Å². The van der Waals surface area contributed by atoms with Crippen molar-refractivity contribution in [1.29, 1.82) is 0 Å². The number of nitrogens with one attached hydrogen (secondary N) is 2. The fourth-order valence-corrected chi connectivity index (χ4v) is 3.55. The van der Waals surface area contributed by atoms with Crippen LogP contribution in [0.5, 0.6) is 0 Å². The van der Waals surface area contributed by atoms with Crippen LogP contribution in [0.1, 0.15) is 34.7 Å². The van der Waals surface area contributed by atoms with E-state index in [2.05, 4.69) is 20.6 Å². The number of benzene rings is 1. The van der Waals surface area contributed by atoms with Gasteiger partial charge in [0.15, 0.2) is 0 Å². The zero-order valence-corrected chi connectivity index (χ0v) is 17.8. The highest BCUT2D eigenvalue weighted by atomic mass is 35.5. The van der Waals surface area contributed by atoms with Gasteiger partial charge in [0.05, 0.1) is 36.2 Å². The van der Waals surface area contributed by atoms with Gasteiger partial charge in [0.25, 0.3) is 5.91 Å². The molecule has 9 heteroatoms. The Bertz CT molecular complexity index is 1140. The third-order valence-corrected chi connectivity index (χ3v) is 5.50. The van der Waals surface area contributed by atoms with Crippen LogP contribution in [0.3, 0.4) is 0 Å². The van der Waals surface area contributed by atoms with Crippen molar-refractivity contribution in [2.45, 2.75) is 24.8 Å². The third kappa shape index (κ3) is 4.88. The molecule has 0 atom stereocenters. The van der Waals surface area contributed by atoms with Gasteiger partial charge in [-0.1, -0.05) is 11.6 Å². The molecule has 1 saturated carbocycles. The Hall–Kier alpha value is -3.07. The fraction of sp³-hybridized carbons (Fsp3) is 0.261. The number of hydrogen-bond donors (Lipinski definition) is 4. The highest BCUT2D eigenvalue weighted by molar-refractivity contribution is 6.30. The molecule has 32 heavy (non-hydrogen) atoms. The minimum atomic E-state index is -0.782. The predicted molar refractivity (Wildman–Crippen MR) is 120 cm³/mol. The Kier molecular flexibility index (Phi) is 6.64. The van der Waals surface area contributed by atoms with Gasteiger partial charge in [-0.25, -0.2) is 4.39 Å². The zero-order chi connectivity index (χ0) is 22.7. The van der Waals surface area contributed by atoms with Gasteiger partial charge < -0.3 is 20.8 Å². The van der Waals surface area contributed by atoms with E-state index >= 15 is 0 Å². The normalized spacial score (nSPS) is 13.3.